The number of rotatable bonds is 6. The van der Waals surface area contributed by atoms with Gasteiger partial charge in [0.05, 0.1) is 0 Å². The number of carbonyl (C=O) groups excluding carboxylic acids is 1. The van der Waals surface area contributed by atoms with Crippen LogP contribution in [0, 0.1) is 5.92 Å². The lowest BCUT2D eigenvalue weighted by atomic mass is 10.2. The van der Waals surface area contributed by atoms with E-state index in [2.05, 4.69) is 13.8 Å². The minimum absolute atomic E-state index is 0.141. The molecule has 2 amide bonds. The number of carbonyl (C=O) groups is 2. The molecule has 1 N–H and O–H groups in total. The highest BCUT2D eigenvalue weighted by Crippen LogP contribution is 2.19. The predicted molar refractivity (Wildman–Crippen MR) is 85.8 cm³/mol. The van der Waals surface area contributed by atoms with E-state index < -0.39 is 12.0 Å². The Morgan fingerprint density at radius 3 is 2.52 bits per heavy atom. The second kappa shape index (κ2) is 8.48. The van der Waals surface area contributed by atoms with Crippen LogP contribution in [0.2, 0.25) is 0 Å². The van der Waals surface area contributed by atoms with Crippen molar-refractivity contribution in [1.29, 1.82) is 0 Å². The molecule has 1 aliphatic rings. The van der Waals surface area contributed by atoms with E-state index in [1.165, 1.54) is 4.90 Å². The van der Waals surface area contributed by atoms with E-state index >= 15 is 0 Å². The van der Waals surface area contributed by atoms with Crippen LogP contribution in [0.4, 0.5) is 4.79 Å². The third-order valence-corrected chi connectivity index (χ3v) is 4.36. The monoisotopic (exact) mass is 317 g/mol. The molecule has 1 aliphatic heterocycles. The summed E-state index contributed by atoms with van der Waals surface area (Å²) in [7, 11) is 3.94. The fraction of sp³-hybridized carbons (Fsp3) is 0.857. The molecule has 0 aromatic rings. The fourth-order valence-electron chi connectivity index (χ4n) is 2.25. The van der Waals surface area contributed by atoms with E-state index in [0.29, 0.717) is 31.3 Å². The number of hydrogen-bond donors (Lipinski definition) is 1. The minimum Gasteiger partial charge on any atom is -0.480 e. The maximum atomic E-state index is 12.7. The molecule has 21 heavy (non-hydrogen) atoms. The number of urea groups is 1. The number of carboxylic acids is 1. The Hall–Kier alpha value is -0.950. The predicted octanol–water partition coefficient (Wildman–Crippen LogP) is 1.13. The van der Waals surface area contributed by atoms with Crippen LogP contribution >= 0.6 is 11.8 Å². The van der Waals surface area contributed by atoms with E-state index in [-0.39, 0.29) is 6.03 Å². The molecule has 1 fully saturated rings. The lowest BCUT2D eigenvalue weighted by molar-refractivity contribution is -0.141. The first-order valence-electron chi connectivity index (χ1n) is 7.33. The number of amides is 2. The summed E-state index contributed by atoms with van der Waals surface area (Å²) in [5, 5.41) is 9.31. The molecule has 0 aromatic carbocycles. The van der Waals surface area contributed by atoms with Crippen molar-refractivity contribution in [2.45, 2.75) is 19.9 Å². The van der Waals surface area contributed by atoms with E-state index in [9.17, 15) is 14.7 Å². The van der Waals surface area contributed by atoms with Crippen molar-refractivity contribution in [3.8, 4) is 0 Å². The van der Waals surface area contributed by atoms with Gasteiger partial charge in [-0.1, -0.05) is 13.8 Å². The summed E-state index contributed by atoms with van der Waals surface area (Å²) in [5.41, 5.74) is 0. The Bertz CT molecular complexity index is 363. The molecule has 0 spiro atoms. The number of aliphatic carboxylic acids is 1. The maximum absolute atomic E-state index is 12.7. The summed E-state index contributed by atoms with van der Waals surface area (Å²) in [5.74, 6) is 0.731. The average molecular weight is 317 g/mol. The quantitative estimate of drug-likeness (QED) is 0.795. The normalized spacial score (nSPS) is 19.1. The molecule has 1 atom stereocenters. The first-order valence-corrected chi connectivity index (χ1v) is 8.49. The summed E-state index contributed by atoms with van der Waals surface area (Å²) in [6, 6.07) is -0.844. The van der Waals surface area contributed by atoms with Crippen LogP contribution in [0.5, 0.6) is 0 Å². The maximum Gasteiger partial charge on any atom is 0.327 e. The highest BCUT2D eigenvalue weighted by atomic mass is 32.2. The topological polar surface area (TPSA) is 64.1 Å². The fourth-order valence-corrected chi connectivity index (χ4v) is 3.28. The SMILES string of the molecule is CC(C)CN(CCN(C)C)C(=O)N1CCSCC1C(=O)O. The molecule has 0 radical (unpaired) electrons. The molecule has 0 saturated carbocycles. The van der Waals surface area contributed by atoms with Gasteiger partial charge < -0.3 is 19.8 Å². The zero-order valence-electron chi connectivity index (χ0n) is 13.4. The van der Waals surface area contributed by atoms with E-state index in [1.807, 2.05) is 19.0 Å². The zero-order valence-corrected chi connectivity index (χ0v) is 14.2. The number of thioether (sulfide) groups is 1. The van der Waals surface area contributed by atoms with Crippen LogP contribution < -0.4 is 0 Å². The highest BCUT2D eigenvalue weighted by Gasteiger charge is 2.34. The van der Waals surface area contributed by atoms with Gasteiger partial charge in [0.25, 0.3) is 0 Å². The standard InChI is InChI=1S/C14H27N3O3S/c1-11(2)9-16(6-5-15(3)4)14(20)17-7-8-21-10-12(17)13(18)19/h11-12H,5-10H2,1-4H3,(H,18,19). The van der Waals surface area contributed by atoms with Crippen LogP contribution in [0.1, 0.15) is 13.8 Å². The van der Waals surface area contributed by atoms with Gasteiger partial charge in [-0.3, -0.25) is 0 Å². The van der Waals surface area contributed by atoms with Crippen molar-refractivity contribution in [1.82, 2.24) is 14.7 Å². The van der Waals surface area contributed by atoms with Gasteiger partial charge in [0.1, 0.15) is 6.04 Å². The molecule has 1 heterocycles. The molecule has 0 bridgehead atoms. The van der Waals surface area contributed by atoms with Gasteiger partial charge in [-0.25, -0.2) is 9.59 Å². The lowest BCUT2D eigenvalue weighted by Crippen LogP contribution is -2.56. The summed E-state index contributed by atoms with van der Waals surface area (Å²) in [6.07, 6.45) is 0. The van der Waals surface area contributed by atoms with Crippen molar-refractivity contribution in [2.24, 2.45) is 5.92 Å². The van der Waals surface area contributed by atoms with E-state index in [1.54, 1.807) is 16.7 Å². The van der Waals surface area contributed by atoms with Gasteiger partial charge in [-0.15, -0.1) is 0 Å². The average Bonchev–Trinajstić information content (AvgIpc) is 2.42. The van der Waals surface area contributed by atoms with Crippen molar-refractivity contribution in [3.63, 3.8) is 0 Å². The van der Waals surface area contributed by atoms with E-state index in [0.717, 1.165) is 12.3 Å². The van der Waals surface area contributed by atoms with Gasteiger partial charge in [0.15, 0.2) is 0 Å². The van der Waals surface area contributed by atoms with Crippen LogP contribution in [-0.4, -0.2) is 89.6 Å². The molecular weight excluding hydrogens is 290 g/mol. The zero-order chi connectivity index (χ0) is 16.0. The molecule has 122 valence electrons. The Kier molecular flexibility index (Phi) is 7.31. The minimum atomic E-state index is -0.910. The van der Waals surface area contributed by atoms with Gasteiger partial charge in [0.2, 0.25) is 0 Å². The van der Waals surface area contributed by atoms with Crippen molar-refractivity contribution < 1.29 is 14.7 Å². The number of hydrogen-bond acceptors (Lipinski definition) is 4. The summed E-state index contributed by atoms with van der Waals surface area (Å²) in [4.78, 5) is 29.4. The second-order valence-corrected chi connectivity index (χ2v) is 7.20. The lowest BCUT2D eigenvalue weighted by Gasteiger charge is -2.37. The molecule has 6 nitrogen and oxygen atoms in total. The van der Waals surface area contributed by atoms with Gasteiger partial charge in [-0.05, 0) is 20.0 Å². The van der Waals surface area contributed by atoms with Crippen LogP contribution in [-0.2, 0) is 4.79 Å². The molecule has 0 aliphatic carbocycles. The van der Waals surface area contributed by atoms with Crippen molar-refractivity contribution >= 4 is 23.8 Å². The van der Waals surface area contributed by atoms with Gasteiger partial charge >= 0.3 is 12.0 Å². The Morgan fingerprint density at radius 1 is 1.33 bits per heavy atom. The molecule has 0 aromatic heterocycles. The highest BCUT2D eigenvalue weighted by molar-refractivity contribution is 7.99. The first-order chi connectivity index (χ1) is 9.82. The third kappa shape index (κ3) is 5.74. The van der Waals surface area contributed by atoms with E-state index in [4.69, 9.17) is 0 Å². The third-order valence-electron chi connectivity index (χ3n) is 3.33. The smallest absolute Gasteiger partial charge is 0.327 e. The van der Waals surface area contributed by atoms with Gasteiger partial charge in [-0.2, -0.15) is 11.8 Å². The Morgan fingerprint density at radius 2 is 2.00 bits per heavy atom. The van der Waals surface area contributed by atoms with Gasteiger partial charge in [0, 0.05) is 37.7 Å². The molecule has 1 rings (SSSR count). The van der Waals surface area contributed by atoms with Crippen molar-refractivity contribution in [3.05, 3.63) is 0 Å². The molecule has 7 heteroatoms. The number of nitrogens with zero attached hydrogens (tertiary/aromatic N) is 3. The van der Waals surface area contributed by atoms with Crippen LogP contribution in [0.3, 0.4) is 0 Å². The number of likely N-dealkylation sites (N-methyl/N-ethyl adjacent to an activating group) is 1. The Labute approximate surface area is 131 Å². The summed E-state index contributed by atoms with van der Waals surface area (Å²) in [6.45, 7) is 6.70. The first kappa shape index (κ1) is 18.1. The largest absolute Gasteiger partial charge is 0.480 e. The molecular formula is C14H27N3O3S. The second-order valence-electron chi connectivity index (χ2n) is 6.05. The molecule has 1 unspecified atom stereocenters. The molecule has 1 saturated heterocycles. The van der Waals surface area contributed by atoms with Crippen LogP contribution in [0.25, 0.3) is 0 Å². The van der Waals surface area contributed by atoms with Crippen LogP contribution in [0.15, 0.2) is 0 Å². The van der Waals surface area contributed by atoms with Crippen molar-refractivity contribution in [2.75, 3.05) is 51.8 Å². The summed E-state index contributed by atoms with van der Waals surface area (Å²) < 4.78 is 0. The summed E-state index contributed by atoms with van der Waals surface area (Å²) >= 11 is 1.59. The Balaban J connectivity index is 2.78. The number of carboxylic acid groups (broad SMARTS) is 1.